The molecule has 0 fully saturated rings. The number of furan rings is 1. The number of hydrogen-bond donors (Lipinski definition) is 1. The Labute approximate surface area is 108 Å². The van der Waals surface area contributed by atoms with Crippen LogP contribution < -0.4 is 5.32 Å². The fourth-order valence-corrected chi connectivity index (χ4v) is 1.93. The highest BCUT2D eigenvalue weighted by atomic mass is 79.9. The number of hydrogen-bond acceptors (Lipinski definition) is 2. The van der Waals surface area contributed by atoms with Crippen LogP contribution in [0.4, 0.5) is 10.1 Å². The van der Waals surface area contributed by atoms with Crippen molar-refractivity contribution in [2.45, 2.75) is 19.9 Å². The van der Waals surface area contributed by atoms with Crippen LogP contribution in [0.2, 0.25) is 0 Å². The zero-order valence-electron chi connectivity index (χ0n) is 9.63. The van der Waals surface area contributed by atoms with Gasteiger partial charge in [-0.25, -0.2) is 4.39 Å². The molecular formula is C13H13BrFNO. The molecule has 0 spiro atoms. The maximum Gasteiger partial charge on any atom is 0.147 e. The lowest BCUT2D eigenvalue weighted by atomic mass is 10.2. The fourth-order valence-electron chi connectivity index (χ4n) is 1.60. The quantitative estimate of drug-likeness (QED) is 0.891. The van der Waals surface area contributed by atoms with Gasteiger partial charge in [0.05, 0.1) is 11.7 Å². The SMILES string of the molecule is Cc1ccc(C(C)Nc2ccc(Br)cc2F)o1. The van der Waals surface area contributed by atoms with Gasteiger partial charge in [0.25, 0.3) is 0 Å². The van der Waals surface area contributed by atoms with E-state index in [9.17, 15) is 4.39 Å². The molecule has 1 atom stereocenters. The van der Waals surface area contributed by atoms with Crippen LogP contribution in [0.15, 0.2) is 39.2 Å². The molecule has 0 saturated carbocycles. The highest BCUT2D eigenvalue weighted by Gasteiger charge is 2.11. The molecular weight excluding hydrogens is 285 g/mol. The molecule has 1 unspecified atom stereocenters. The van der Waals surface area contributed by atoms with E-state index in [2.05, 4.69) is 21.2 Å². The minimum Gasteiger partial charge on any atom is -0.464 e. The second-order valence-corrected chi connectivity index (χ2v) is 4.85. The van der Waals surface area contributed by atoms with E-state index in [1.165, 1.54) is 6.07 Å². The molecule has 2 aromatic rings. The molecule has 0 aliphatic rings. The molecule has 0 radical (unpaired) electrons. The lowest BCUT2D eigenvalue weighted by molar-refractivity contribution is 0.466. The first-order valence-corrected chi connectivity index (χ1v) is 6.13. The molecule has 90 valence electrons. The standard InChI is InChI=1S/C13H13BrFNO/c1-8-3-6-13(17-8)9(2)16-12-5-4-10(14)7-11(12)15/h3-7,9,16H,1-2H3. The van der Waals surface area contributed by atoms with Crippen LogP contribution >= 0.6 is 15.9 Å². The minimum atomic E-state index is -0.283. The molecule has 0 bridgehead atoms. The normalized spacial score (nSPS) is 12.5. The summed E-state index contributed by atoms with van der Waals surface area (Å²) in [6.45, 7) is 3.82. The molecule has 2 nitrogen and oxygen atoms in total. The van der Waals surface area contributed by atoms with E-state index in [1.54, 1.807) is 12.1 Å². The number of benzene rings is 1. The summed E-state index contributed by atoms with van der Waals surface area (Å²) in [6.07, 6.45) is 0. The van der Waals surface area contributed by atoms with Crippen molar-refractivity contribution >= 4 is 21.6 Å². The van der Waals surface area contributed by atoms with Gasteiger partial charge in [-0.3, -0.25) is 0 Å². The number of aryl methyl sites for hydroxylation is 1. The zero-order valence-corrected chi connectivity index (χ0v) is 11.2. The molecule has 0 saturated heterocycles. The second kappa shape index (κ2) is 4.92. The largest absolute Gasteiger partial charge is 0.464 e. The average molecular weight is 298 g/mol. The summed E-state index contributed by atoms with van der Waals surface area (Å²) in [5, 5.41) is 3.08. The van der Waals surface area contributed by atoms with Crippen molar-refractivity contribution < 1.29 is 8.81 Å². The Kier molecular flexibility index (Phi) is 3.52. The van der Waals surface area contributed by atoms with Crippen LogP contribution in [0.25, 0.3) is 0 Å². The highest BCUT2D eigenvalue weighted by molar-refractivity contribution is 9.10. The Balaban J connectivity index is 2.15. The van der Waals surface area contributed by atoms with E-state index in [1.807, 2.05) is 26.0 Å². The van der Waals surface area contributed by atoms with Crippen LogP contribution in [-0.2, 0) is 0 Å². The molecule has 1 N–H and O–H groups in total. The van der Waals surface area contributed by atoms with Crippen molar-refractivity contribution in [2.75, 3.05) is 5.32 Å². The topological polar surface area (TPSA) is 25.2 Å². The van der Waals surface area contributed by atoms with E-state index in [-0.39, 0.29) is 11.9 Å². The summed E-state index contributed by atoms with van der Waals surface area (Å²) in [5.41, 5.74) is 0.467. The van der Waals surface area contributed by atoms with Gasteiger partial charge in [0.15, 0.2) is 0 Å². The van der Waals surface area contributed by atoms with Crippen molar-refractivity contribution in [3.63, 3.8) is 0 Å². The smallest absolute Gasteiger partial charge is 0.147 e. The number of rotatable bonds is 3. The first-order valence-electron chi connectivity index (χ1n) is 5.34. The van der Waals surface area contributed by atoms with Gasteiger partial charge >= 0.3 is 0 Å². The Bertz CT molecular complexity index is 524. The van der Waals surface area contributed by atoms with Crippen molar-refractivity contribution in [1.29, 1.82) is 0 Å². The summed E-state index contributed by atoms with van der Waals surface area (Å²) >= 11 is 3.22. The van der Waals surface area contributed by atoms with E-state index in [4.69, 9.17) is 4.42 Å². The Morgan fingerprint density at radius 1 is 1.29 bits per heavy atom. The van der Waals surface area contributed by atoms with Crippen LogP contribution in [0.5, 0.6) is 0 Å². The Morgan fingerprint density at radius 2 is 2.06 bits per heavy atom. The predicted octanol–water partition coefficient (Wildman–Crippen LogP) is 4.66. The monoisotopic (exact) mass is 297 g/mol. The first-order chi connectivity index (χ1) is 8.06. The average Bonchev–Trinajstić information content (AvgIpc) is 2.69. The van der Waals surface area contributed by atoms with Crippen LogP contribution in [-0.4, -0.2) is 0 Å². The minimum absolute atomic E-state index is 0.0700. The second-order valence-electron chi connectivity index (χ2n) is 3.94. The maximum atomic E-state index is 13.6. The molecule has 1 aromatic carbocycles. The number of halogens is 2. The van der Waals surface area contributed by atoms with Gasteiger partial charge in [0.2, 0.25) is 0 Å². The molecule has 2 rings (SSSR count). The van der Waals surface area contributed by atoms with Gasteiger partial charge in [0, 0.05) is 4.47 Å². The summed E-state index contributed by atoms with van der Waals surface area (Å²) < 4.78 is 19.8. The van der Waals surface area contributed by atoms with Gasteiger partial charge < -0.3 is 9.73 Å². The number of anilines is 1. The lowest BCUT2D eigenvalue weighted by Crippen LogP contribution is -2.06. The van der Waals surface area contributed by atoms with E-state index in [0.29, 0.717) is 5.69 Å². The summed E-state index contributed by atoms with van der Waals surface area (Å²) in [7, 11) is 0. The Hall–Kier alpha value is -1.29. The van der Waals surface area contributed by atoms with Gasteiger partial charge in [-0.05, 0) is 44.2 Å². The van der Waals surface area contributed by atoms with E-state index in [0.717, 1.165) is 16.0 Å². The van der Waals surface area contributed by atoms with Crippen molar-refractivity contribution in [1.82, 2.24) is 0 Å². The van der Waals surface area contributed by atoms with Crippen molar-refractivity contribution in [3.8, 4) is 0 Å². The molecule has 1 heterocycles. The fraction of sp³-hybridized carbons (Fsp3) is 0.231. The summed E-state index contributed by atoms with van der Waals surface area (Å²) in [6, 6.07) is 8.65. The maximum absolute atomic E-state index is 13.6. The Morgan fingerprint density at radius 3 is 2.65 bits per heavy atom. The zero-order chi connectivity index (χ0) is 12.4. The van der Waals surface area contributed by atoms with E-state index < -0.39 is 0 Å². The third-order valence-corrected chi connectivity index (χ3v) is 2.98. The van der Waals surface area contributed by atoms with Gasteiger partial charge in [-0.2, -0.15) is 0 Å². The third-order valence-electron chi connectivity index (χ3n) is 2.49. The van der Waals surface area contributed by atoms with Crippen molar-refractivity contribution in [3.05, 3.63) is 52.1 Å². The molecule has 17 heavy (non-hydrogen) atoms. The first kappa shape index (κ1) is 12.2. The van der Waals surface area contributed by atoms with E-state index >= 15 is 0 Å². The number of nitrogens with one attached hydrogen (secondary N) is 1. The predicted molar refractivity (Wildman–Crippen MR) is 69.6 cm³/mol. The van der Waals surface area contributed by atoms with Gasteiger partial charge in [-0.15, -0.1) is 0 Å². The van der Waals surface area contributed by atoms with Crippen LogP contribution in [0, 0.1) is 12.7 Å². The molecule has 0 aliphatic carbocycles. The molecule has 0 aliphatic heterocycles. The summed E-state index contributed by atoms with van der Waals surface area (Å²) in [5.74, 6) is 1.37. The molecule has 4 heteroatoms. The van der Waals surface area contributed by atoms with Crippen molar-refractivity contribution in [2.24, 2.45) is 0 Å². The molecule has 0 amide bonds. The highest BCUT2D eigenvalue weighted by Crippen LogP contribution is 2.25. The van der Waals surface area contributed by atoms with Crippen LogP contribution in [0.1, 0.15) is 24.5 Å². The van der Waals surface area contributed by atoms with Crippen LogP contribution in [0.3, 0.4) is 0 Å². The third kappa shape index (κ3) is 2.88. The van der Waals surface area contributed by atoms with Gasteiger partial charge in [0.1, 0.15) is 17.3 Å². The van der Waals surface area contributed by atoms with Gasteiger partial charge in [-0.1, -0.05) is 15.9 Å². The summed E-state index contributed by atoms with van der Waals surface area (Å²) in [4.78, 5) is 0. The lowest BCUT2D eigenvalue weighted by Gasteiger charge is -2.13. The molecule has 1 aromatic heterocycles.